The second-order valence-corrected chi connectivity index (χ2v) is 7.28. The molecule has 0 N–H and O–H groups in total. The summed E-state index contributed by atoms with van der Waals surface area (Å²) in [5.41, 5.74) is 1.80. The Bertz CT molecular complexity index is 881. The Morgan fingerprint density at radius 3 is 2.07 bits per heavy atom. The fourth-order valence-corrected chi connectivity index (χ4v) is 3.90. The Morgan fingerprint density at radius 1 is 0.929 bits per heavy atom. The number of rotatable bonds is 4. The summed E-state index contributed by atoms with van der Waals surface area (Å²) in [7, 11) is 2.07. The maximum absolute atomic E-state index is 12.4. The second-order valence-electron chi connectivity index (χ2n) is 7.28. The number of hydroxylamine groups is 2. The molecule has 1 aliphatic heterocycles. The lowest BCUT2D eigenvalue weighted by Gasteiger charge is -2.33. The van der Waals surface area contributed by atoms with Crippen LogP contribution in [-0.2, 0) is 4.84 Å². The van der Waals surface area contributed by atoms with Crippen molar-refractivity contribution >= 4 is 23.5 Å². The number of benzene rings is 2. The molecule has 0 bridgehead atoms. The first-order valence-corrected chi connectivity index (χ1v) is 9.59. The van der Waals surface area contributed by atoms with Gasteiger partial charge in [-0.3, -0.25) is 9.59 Å². The van der Waals surface area contributed by atoms with Crippen LogP contribution in [0.15, 0.2) is 48.5 Å². The molecule has 0 aromatic heterocycles. The van der Waals surface area contributed by atoms with Gasteiger partial charge in [0.15, 0.2) is 0 Å². The maximum Gasteiger partial charge on any atom is 0.363 e. The normalized spacial score (nSPS) is 16.8. The summed E-state index contributed by atoms with van der Waals surface area (Å²) < 4.78 is 0. The third kappa shape index (κ3) is 3.26. The molecule has 1 fully saturated rings. The zero-order chi connectivity index (χ0) is 19.7. The van der Waals surface area contributed by atoms with Gasteiger partial charge in [0.2, 0.25) is 0 Å². The van der Waals surface area contributed by atoms with Gasteiger partial charge in [0.25, 0.3) is 11.8 Å². The highest BCUT2D eigenvalue weighted by Crippen LogP contribution is 2.27. The Balaban J connectivity index is 1.44. The van der Waals surface area contributed by atoms with Gasteiger partial charge < -0.3 is 9.74 Å². The number of carbonyl (C=O) groups excluding carboxylic acids is 3. The van der Waals surface area contributed by atoms with E-state index in [1.807, 2.05) is 12.1 Å². The Morgan fingerprint density at radius 2 is 1.50 bits per heavy atom. The van der Waals surface area contributed by atoms with Crippen LogP contribution in [0.5, 0.6) is 0 Å². The number of hydrogen-bond donors (Lipinski definition) is 0. The molecule has 0 radical (unpaired) electrons. The third-order valence-electron chi connectivity index (χ3n) is 5.56. The molecule has 2 aromatic carbocycles. The average molecular weight is 378 g/mol. The summed E-state index contributed by atoms with van der Waals surface area (Å²) in [6.07, 6.45) is 6.16. The molecule has 0 atom stereocenters. The zero-order valence-electron chi connectivity index (χ0n) is 15.8. The average Bonchev–Trinajstić information content (AvgIpc) is 2.99. The minimum absolute atomic E-state index is 0.241. The minimum atomic E-state index is -0.735. The number of carbonyl (C=O) groups is 3. The molecule has 1 saturated carbocycles. The van der Waals surface area contributed by atoms with E-state index in [-0.39, 0.29) is 16.7 Å². The predicted octanol–water partition coefficient (Wildman–Crippen LogP) is 3.82. The second kappa shape index (κ2) is 7.46. The summed E-state index contributed by atoms with van der Waals surface area (Å²) in [6.45, 7) is 0. The van der Waals surface area contributed by atoms with Gasteiger partial charge in [-0.1, -0.05) is 36.5 Å². The van der Waals surface area contributed by atoms with Crippen LogP contribution in [0.1, 0.15) is 63.2 Å². The van der Waals surface area contributed by atoms with Crippen LogP contribution in [0.4, 0.5) is 5.69 Å². The van der Waals surface area contributed by atoms with E-state index < -0.39 is 17.8 Å². The quantitative estimate of drug-likeness (QED) is 0.757. The highest BCUT2D eigenvalue weighted by molar-refractivity contribution is 6.21. The van der Waals surface area contributed by atoms with Crippen LogP contribution in [0.25, 0.3) is 0 Å². The van der Waals surface area contributed by atoms with E-state index in [1.165, 1.54) is 32.1 Å². The molecule has 1 aliphatic carbocycles. The number of amides is 2. The van der Waals surface area contributed by atoms with E-state index in [9.17, 15) is 14.4 Å². The topological polar surface area (TPSA) is 66.9 Å². The van der Waals surface area contributed by atoms with Gasteiger partial charge in [-0.05, 0) is 49.2 Å². The molecule has 6 nitrogen and oxygen atoms in total. The molecule has 0 saturated heterocycles. The Labute approximate surface area is 163 Å². The van der Waals surface area contributed by atoms with Gasteiger partial charge in [-0.2, -0.15) is 0 Å². The van der Waals surface area contributed by atoms with Crippen molar-refractivity contribution in [2.45, 2.75) is 38.1 Å². The van der Waals surface area contributed by atoms with Crippen molar-refractivity contribution < 1.29 is 19.2 Å². The molecule has 4 rings (SSSR count). The van der Waals surface area contributed by atoms with Crippen LogP contribution in [0, 0.1) is 0 Å². The van der Waals surface area contributed by atoms with E-state index in [0.29, 0.717) is 11.1 Å². The fourth-order valence-electron chi connectivity index (χ4n) is 3.90. The lowest BCUT2D eigenvalue weighted by molar-refractivity contribution is -0.0584. The summed E-state index contributed by atoms with van der Waals surface area (Å²) >= 11 is 0. The van der Waals surface area contributed by atoms with Gasteiger partial charge in [0.05, 0.1) is 16.7 Å². The van der Waals surface area contributed by atoms with E-state index in [1.54, 1.807) is 36.4 Å². The van der Waals surface area contributed by atoms with Crippen molar-refractivity contribution in [3.8, 4) is 0 Å². The van der Waals surface area contributed by atoms with E-state index in [0.717, 1.165) is 5.69 Å². The van der Waals surface area contributed by atoms with Gasteiger partial charge in [-0.15, -0.1) is 0 Å². The Kier molecular flexibility index (Phi) is 4.86. The number of fused-ring (bicyclic) bond motifs is 1. The maximum atomic E-state index is 12.4. The lowest BCUT2D eigenvalue weighted by atomic mass is 9.94. The SMILES string of the molecule is CN(c1ccc(C(=O)ON2C(=O)c3ccccc3C2=O)cc1)C1CCCCC1. The number of anilines is 1. The molecule has 1 heterocycles. The predicted molar refractivity (Wildman–Crippen MR) is 104 cm³/mol. The first-order chi connectivity index (χ1) is 13.6. The summed E-state index contributed by atoms with van der Waals surface area (Å²) in [5.74, 6) is -1.98. The van der Waals surface area contributed by atoms with Gasteiger partial charge in [0, 0.05) is 18.8 Å². The summed E-state index contributed by atoms with van der Waals surface area (Å²) in [4.78, 5) is 44.4. The van der Waals surface area contributed by atoms with Crippen molar-refractivity contribution in [3.05, 3.63) is 65.2 Å². The number of imide groups is 1. The molecule has 2 amide bonds. The largest absolute Gasteiger partial charge is 0.372 e. The molecule has 144 valence electrons. The van der Waals surface area contributed by atoms with Crippen molar-refractivity contribution in [1.82, 2.24) is 5.06 Å². The smallest absolute Gasteiger partial charge is 0.363 e. The highest BCUT2D eigenvalue weighted by Gasteiger charge is 2.38. The number of hydrogen-bond acceptors (Lipinski definition) is 5. The van der Waals surface area contributed by atoms with Gasteiger partial charge >= 0.3 is 5.97 Å². The molecular weight excluding hydrogens is 356 g/mol. The van der Waals surface area contributed by atoms with Gasteiger partial charge in [-0.25, -0.2) is 4.79 Å². The van der Waals surface area contributed by atoms with Crippen molar-refractivity contribution in [3.63, 3.8) is 0 Å². The zero-order valence-corrected chi connectivity index (χ0v) is 15.8. The number of nitrogens with zero attached hydrogens (tertiary/aromatic N) is 2. The van der Waals surface area contributed by atoms with E-state index in [4.69, 9.17) is 4.84 Å². The first-order valence-electron chi connectivity index (χ1n) is 9.59. The molecule has 0 spiro atoms. The lowest BCUT2D eigenvalue weighted by Crippen LogP contribution is -2.33. The van der Waals surface area contributed by atoms with E-state index >= 15 is 0 Å². The minimum Gasteiger partial charge on any atom is -0.372 e. The molecule has 0 unspecified atom stereocenters. The Hall–Kier alpha value is -3.15. The van der Waals surface area contributed by atoms with Crippen molar-refractivity contribution in [2.24, 2.45) is 0 Å². The first kappa shape index (κ1) is 18.2. The van der Waals surface area contributed by atoms with Gasteiger partial charge in [0.1, 0.15) is 0 Å². The van der Waals surface area contributed by atoms with Crippen molar-refractivity contribution in [2.75, 3.05) is 11.9 Å². The van der Waals surface area contributed by atoms with Crippen LogP contribution in [0.3, 0.4) is 0 Å². The summed E-state index contributed by atoms with van der Waals surface area (Å²) in [5, 5.41) is 0.537. The van der Waals surface area contributed by atoms with Crippen LogP contribution >= 0.6 is 0 Å². The van der Waals surface area contributed by atoms with Crippen LogP contribution < -0.4 is 4.90 Å². The van der Waals surface area contributed by atoms with E-state index in [2.05, 4.69) is 11.9 Å². The van der Waals surface area contributed by atoms with Crippen LogP contribution in [0.2, 0.25) is 0 Å². The molecule has 2 aromatic rings. The van der Waals surface area contributed by atoms with Crippen molar-refractivity contribution in [1.29, 1.82) is 0 Å². The van der Waals surface area contributed by atoms with Crippen LogP contribution in [-0.4, -0.2) is 35.9 Å². The molecular formula is C22H22N2O4. The summed E-state index contributed by atoms with van der Waals surface area (Å²) in [6, 6.07) is 14.0. The molecule has 28 heavy (non-hydrogen) atoms. The standard InChI is InChI=1S/C22H22N2O4/c1-23(16-7-3-2-4-8-16)17-13-11-15(12-14-17)22(27)28-24-20(25)18-9-5-6-10-19(18)21(24)26/h5-6,9-14,16H,2-4,7-8H2,1H3. The third-order valence-corrected chi connectivity index (χ3v) is 5.56. The molecule has 6 heteroatoms. The fraction of sp³-hybridized carbons (Fsp3) is 0.318. The molecule has 2 aliphatic rings. The highest BCUT2D eigenvalue weighted by atomic mass is 16.7. The monoisotopic (exact) mass is 378 g/mol.